The molecule has 36 heavy (non-hydrogen) atoms. The predicted molar refractivity (Wildman–Crippen MR) is 135 cm³/mol. The lowest BCUT2D eigenvalue weighted by atomic mass is 9.97. The molecule has 0 atom stereocenters. The average Bonchev–Trinajstić information content (AvgIpc) is 3.37. The highest BCUT2D eigenvalue weighted by atomic mass is 16.5. The van der Waals surface area contributed by atoms with Gasteiger partial charge in [-0.25, -0.2) is 9.78 Å². The Morgan fingerprint density at radius 1 is 1.14 bits per heavy atom. The lowest BCUT2D eigenvalue weighted by Gasteiger charge is -2.27. The number of benzene rings is 1. The summed E-state index contributed by atoms with van der Waals surface area (Å²) in [5.74, 6) is 0.875. The number of rotatable bonds is 5. The van der Waals surface area contributed by atoms with Crippen molar-refractivity contribution in [2.75, 3.05) is 13.7 Å². The molecule has 5 rings (SSSR count). The monoisotopic (exact) mass is 486 g/mol. The van der Waals surface area contributed by atoms with Gasteiger partial charge in [-0.15, -0.1) is 5.10 Å². The first kappa shape index (κ1) is 23.8. The van der Waals surface area contributed by atoms with Crippen molar-refractivity contribution >= 4 is 11.2 Å². The number of aryl methyl sites for hydroxylation is 1. The summed E-state index contributed by atoms with van der Waals surface area (Å²) in [4.78, 5) is 20.1. The first-order valence-electron chi connectivity index (χ1n) is 12.0. The largest absolute Gasteiger partial charge is 0.467 e. The van der Waals surface area contributed by atoms with E-state index in [0.717, 1.165) is 35.6 Å². The Balaban J connectivity index is 1.47. The summed E-state index contributed by atoms with van der Waals surface area (Å²) in [6, 6.07) is 12.5. The van der Waals surface area contributed by atoms with E-state index in [0.29, 0.717) is 42.5 Å². The summed E-state index contributed by atoms with van der Waals surface area (Å²) in [7, 11) is 3.34. The van der Waals surface area contributed by atoms with E-state index in [4.69, 9.17) is 9.72 Å². The molecule has 0 radical (unpaired) electrons. The quantitative estimate of drug-likeness (QED) is 0.427. The molecule has 1 aromatic carbocycles. The predicted octanol–water partition coefficient (Wildman–Crippen LogP) is 2.94. The highest BCUT2D eigenvalue weighted by Gasteiger charge is 2.23. The van der Waals surface area contributed by atoms with Crippen LogP contribution in [0.5, 0.6) is 6.01 Å². The zero-order valence-electron chi connectivity index (χ0n) is 21.3. The van der Waals surface area contributed by atoms with E-state index in [9.17, 15) is 10.1 Å². The van der Waals surface area contributed by atoms with E-state index in [-0.39, 0.29) is 11.1 Å². The second-order valence-electron chi connectivity index (χ2n) is 10.5. The first-order chi connectivity index (χ1) is 17.2. The molecular formula is C26H30N8O2. The number of ether oxygens (including phenoxy) is 1. The minimum absolute atomic E-state index is 0.0497. The van der Waals surface area contributed by atoms with Crippen molar-refractivity contribution in [3.63, 3.8) is 0 Å². The number of nitriles is 1. The van der Waals surface area contributed by atoms with Gasteiger partial charge in [0.2, 0.25) is 0 Å². The summed E-state index contributed by atoms with van der Waals surface area (Å²) in [6.07, 6.45) is 0. The van der Waals surface area contributed by atoms with Gasteiger partial charge in [-0.05, 0) is 35.2 Å². The lowest BCUT2D eigenvalue weighted by molar-refractivity contribution is 0.201. The molecule has 10 nitrogen and oxygen atoms in total. The molecule has 186 valence electrons. The van der Waals surface area contributed by atoms with E-state index >= 15 is 0 Å². The van der Waals surface area contributed by atoms with E-state index < -0.39 is 0 Å². The second-order valence-corrected chi connectivity index (χ2v) is 10.5. The second kappa shape index (κ2) is 8.91. The van der Waals surface area contributed by atoms with Gasteiger partial charge < -0.3 is 4.74 Å². The van der Waals surface area contributed by atoms with E-state index in [1.165, 1.54) is 0 Å². The normalized spacial score (nSPS) is 14.1. The van der Waals surface area contributed by atoms with Crippen molar-refractivity contribution in [2.24, 2.45) is 12.5 Å². The topological polar surface area (TPSA) is 107 Å². The van der Waals surface area contributed by atoms with Gasteiger partial charge in [0, 0.05) is 38.8 Å². The molecule has 0 fully saturated rings. The minimum Gasteiger partial charge on any atom is -0.467 e. The van der Waals surface area contributed by atoms with Crippen LogP contribution >= 0.6 is 0 Å². The van der Waals surface area contributed by atoms with Crippen LogP contribution in [0, 0.1) is 16.7 Å². The average molecular weight is 487 g/mol. The summed E-state index contributed by atoms with van der Waals surface area (Å²) in [5, 5.41) is 18.1. The number of pyridine rings is 1. The Bertz CT molecular complexity index is 1550. The Labute approximate surface area is 209 Å². The van der Waals surface area contributed by atoms with Crippen molar-refractivity contribution in [2.45, 2.75) is 47.0 Å². The number of methoxy groups -OCH3 is 1. The Kier molecular flexibility index (Phi) is 5.88. The van der Waals surface area contributed by atoms with Crippen molar-refractivity contribution in [1.82, 2.24) is 33.8 Å². The lowest BCUT2D eigenvalue weighted by Crippen LogP contribution is -2.33. The summed E-state index contributed by atoms with van der Waals surface area (Å²) < 4.78 is 10.6. The van der Waals surface area contributed by atoms with Crippen LogP contribution in [0.3, 0.4) is 0 Å². The van der Waals surface area contributed by atoms with Crippen LogP contribution in [-0.4, -0.2) is 47.4 Å². The highest BCUT2D eigenvalue weighted by molar-refractivity contribution is 5.78. The van der Waals surface area contributed by atoms with Crippen LogP contribution in [0.1, 0.15) is 37.7 Å². The molecule has 4 aromatic rings. The molecule has 4 heterocycles. The molecule has 0 amide bonds. The van der Waals surface area contributed by atoms with Gasteiger partial charge in [0.15, 0.2) is 5.65 Å². The van der Waals surface area contributed by atoms with Crippen LogP contribution in [0.2, 0.25) is 0 Å². The standard InChI is InChI=1S/C26H30N8O2/c1-26(2,3)16-34-21-9-8-20(28-23(21)31(4)25(34)35)19-12-17(6-7-18(19)13-27)14-32-10-11-33-22(15-32)29-30-24(33)36-5/h6-9,12H,10-11,14-16H2,1-5H3. The Morgan fingerprint density at radius 3 is 2.67 bits per heavy atom. The molecule has 0 saturated carbocycles. The van der Waals surface area contributed by atoms with Crippen LogP contribution in [0.4, 0.5) is 0 Å². The van der Waals surface area contributed by atoms with Gasteiger partial charge in [0.25, 0.3) is 0 Å². The number of hydrogen-bond donors (Lipinski definition) is 0. The summed E-state index contributed by atoms with van der Waals surface area (Å²) in [6.45, 7) is 9.87. The summed E-state index contributed by atoms with van der Waals surface area (Å²) >= 11 is 0. The van der Waals surface area contributed by atoms with E-state index in [1.54, 1.807) is 23.3 Å². The number of fused-ring (bicyclic) bond motifs is 2. The molecule has 0 unspecified atom stereocenters. The van der Waals surface area contributed by atoms with Gasteiger partial charge in [-0.2, -0.15) is 5.26 Å². The van der Waals surface area contributed by atoms with Gasteiger partial charge in [0.05, 0.1) is 36.5 Å². The molecule has 10 heteroatoms. The van der Waals surface area contributed by atoms with Crippen molar-refractivity contribution in [3.05, 3.63) is 57.8 Å². The van der Waals surface area contributed by atoms with Crippen LogP contribution in [0.15, 0.2) is 35.1 Å². The van der Waals surface area contributed by atoms with Crippen LogP contribution < -0.4 is 10.4 Å². The van der Waals surface area contributed by atoms with E-state index in [1.807, 2.05) is 34.9 Å². The first-order valence-corrected chi connectivity index (χ1v) is 12.0. The number of nitrogens with zero attached hydrogens (tertiary/aromatic N) is 8. The fourth-order valence-electron chi connectivity index (χ4n) is 4.77. The minimum atomic E-state index is -0.0894. The third-order valence-corrected chi connectivity index (χ3v) is 6.48. The van der Waals surface area contributed by atoms with Gasteiger partial charge >= 0.3 is 11.7 Å². The molecular weight excluding hydrogens is 456 g/mol. The number of imidazole rings is 1. The summed E-state index contributed by atoms with van der Waals surface area (Å²) in [5.41, 5.74) is 4.32. The van der Waals surface area contributed by atoms with E-state index in [2.05, 4.69) is 41.9 Å². The SMILES string of the molecule is COc1nnc2n1CCN(Cc1ccc(C#N)c(-c3ccc4c(n3)n(C)c(=O)n4CC(C)(C)C)c1)C2. The maximum Gasteiger partial charge on any atom is 0.330 e. The van der Waals surface area contributed by atoms with Gasteiger partial charge in [-0.3, -0.25) is 18.6 Å². The fraction of sp³-hybridized carbons (Fsp3) is 0.423. The molecule has 0 saturated heterocycles. The van der Waals surface area contributed by atoms with Crippen molar-refractivity contribution in [1.29, 1.82) is 5.26 Å². The maximum absolute atomic E-state index is 12.9. The molecule has 3 aromatic heterocycles. The van der Waals surface area contributed by atoms with Crippen molar-refractivity contribution in [3.8, 4) is 23.3 Å². The molecule has 1 aliphatic heterocycles. The van der Waals surface area contributed by atoms with Crippen molar-refractivity contribution < 1.29 is 4.74 Å². The smallest absolute Gasteiger partial charge is 0.330 e. The molecule has 0 N–H and O–H groups in total. The maximum atomic E-state index is 12.9. The zero-order valence-corrected chi connectivity index (χ0v) is 21.3. The Morgan fingerprint density at radius 2 is 1.94 bits per heavy atom. The van der Waals surface area contributed by atoms with Crippen LogP contribution in [-0.2, 0) is 33.2 Å². The highest BCUT2D eigenvalue weighted by Crippen LogP contribution is 2.27. The molecule has 0 bridgehead atoms. The molecule has 1 aliphatic rings. The Hall–Kier alpha value is -3.97. The van der Waals surface area contributed by atoms with Gasteiger partial charge in [-0.1, -0.05) is 31.9 Å². The third kappa shape index (κ3) is 4.27. The number of aromatic nitrogens is 6. The number of hydrogen-bond acceptors (Lipinski definition) is 7. The molecule has 0 aliphatic carbocycles. The van der Waals surface area contributed by atoms with Gasteiger partial charge in [0.1, 0.15) is 5.82 Å². The fourth-order valence-corrected chi connectivity index (χ4v) is 4.77. The molecule has 0 spiro atoms. The van der Waals surface area contributed by atoms with Crippen LogP contribution in [0.25, 0.3) is 22.4 Å². The zero-order chi connectivity index (χ0) is 25.6. The third-order valence-electron chi connectivity index (χ3n) is 6.48.